The minimum absolute atomic E-state index is 0.00838. The van der Waals surface area contributed by atoms with Crippen molar-refractivity contribution >= 4 is 16.9 Å². The average molecular weight is 237 g/mol. The van der Waals surface area contributed by atoms with Crippen molar-refractivity contribution < 1.29 is 14.0 Å². The summed E-state index contributed by atoms with van der Waals surface area (Å²) in [6, 6.07) is 0. The van der Waals surface area contributed by atoms with Crippen LogP contribution in [-0.4, -0.2) is 31.6 Å². The molecule has 4 nitrogen and oxygen atoms in total. The van der Waals surface area contributed by atoms with Crippen molar-refractivity contribution in [1.82, 2.24) is 5.06 Å². The fraction of sp³-hybridized carbons (Fsp3) is 0.444. The maximum Gasteiger partial charge on any atom is 0.222 e. The van der Waals surface area contributed by atoms with E-state index in [1.165, 1.54) is 26.2 Å². The highest BCUT2D eigenvalue weighted by Gasteiger charge is 2.08. The molecular formula is C9H14ClFN2O2. The predicted octanol–water partition coefficient (Wildman–Crippen LogP) is 2.44. The van der Waals surface area contributed by atoms with Crippen LogP contribution in [-0.2, 0) is 9.57 Å². The zero-order valence-electron chi connectivity index (χ0n) is 9.17. The molecule has 0 N–H and O–H groups in total. The maximum atomic E-state index is 13.3. The Hall–Kier alpha value is -1.07. The van der Waals surface area contributed by atoms with Gasteiger partial charge in [-0.15, -0.1) is 0 Å². The molecule has 0 saturated carbocycles. The van der Waals surface area contributed by atoms with E-state index in [0.717, 1.165) is 0 Å². The molecule has 0 aromatic carbocycles. The van der Waals surface area contributed by atoms with E-state index in [1.807, 2.05) is 0 Å². The number of amidine groups is 1. The zero-order chi connectivity index (χ0) is 12.0. The average Bonchev–Trinajstić information content (AvgIpc) is 2.25. The van der Waals surface area contributed by atoms with Crippen LogP contribution < -0.4 is 0 Å². The summed E-state index contributed by atoms with van der Waals surface area (Å²) in [5.74, 6) is -0.749. The summed E-state index contributed by atoms with van der Waals surface area (Å²) in [5.41, 5.74) is 0.0655. The highest BCUT2D eigenvalue weighted by molar-refractivity contribution is 6.64. The second-order valence-electron chi connectivity index (χ2n) is 2.59. The molecule has 0 aliphatic carbocycles. The van der Waals surface area contributed by atoms with E-state index in [4.69, 9.17) is 16.4 Å². The van der Waals surface area contributed by atoms with Crippen LogP contribution in [0.3, 0.4) is 0 Å². The molecule has 0 saturated heterocycles. The summed E-state index contributed by atoms with van der Waals surface area (Å²) in [5, 5.41) is 1.20. The van der Waals surface area contributed by atoms with E-state index in [0.29, 0.717) is 0 Å². The molecule has 86 valence electrons. The van der Waals surface area contributed by atoms with Crippen molar-refractivity contribution in [2.75, 3.05) is 21.3 Å². The van der Waals surface area contributed by atoms with Gasteiger partial charge in [-0.05, 0) is 18.5 Å². The number of ether oxygens (including phenoxy) is 1. The SMILES string of the molecule is C=C(OC)/C(F)=C(C)/N=C(/Cl)N(C)OC. The maximum absolute atomic E-state index is 13.3. The lowest BCUT2D eigenvalue weighted by Crippen LogP contribution is -2.20. The van der Waals surface area contributed by atoms with E-state index in [1.54, 1.807) is 7.05 Å². The highest BCUT2D eigenvalue weighted by Crippen LogP contribution is 2.16. The van der Waals surface area contributed by atoms with Gasteiger partial charge in [0.2, 0.25) is 5.29 Å². The number of rotatable bonds is 4. The standard InChI is InChI=1S/C9H14ClFN2O2/c1-6(8(11)7(2)14-4)12-9(10)13(3)15-5/h2H2,1,3-5H3/b8-6-,12-9-. The Morgan fingerprint density at radius 2 is 2.00 bits per heavy atom. The minimum atomic E-state index is -0.653. The number of nitrogens with zero attached hydrogens (tertiary/aromatic N) is 2. The fourth-order valence-electron chi connectivity index (χ4n) is 0.625. The lowest BCUT2D eigenvalue weighted by molar-refractivity contribution is -0.0388. The molecule has 0 bridgehead atoms. The number of hydrogen-bond acceptors (Lipinski definition) is 3. The third kappa shape index (κ3) is 4.31. The molecule has 0 unspecified atom stereocenters. The van der Waals surface area contributed by atoms with Crippen molar-refractivity contribution in [1.29, 1.82) is 0 Å². The van der Waals surface area contributed by atoms with Gasteiger partial charge in [0, 0.05) is 7.05 Å². The van der Waals surface area contributed by atoms with Gasteiger partial charge in [-0.25, -0.2) is 14.4 Å². The monoisotopic (exact) mass is 236 g/mol. The van der Waals surface area contributed by atoms with Gasteiger partial charge in [0.25, 0.3) is 0 Å². The minimum Gasteiger partial charge on any atom is -0.494 e. The van der Waals surface area contributed by atoms with E-state index in [9.17, 15) is 4.39 Å². The van der Waals surface area contributed by atoms with Crippen LogP contribution in [0.2, 0.25) is 0 Å². The smallest absolute Gasteiger partial charge is 0.222 e. The third-order valence-corrected chi connectivity index (χ3v) is 1.93. The molecular weight excluding hydrogens is 223 g/mol. The lowest BCUT2D eigenvalue weighted by Gasteiger charge is -2.12. The van der Waals surface area contributed by atoms with E-state index in [-0.39, 0.29) is 16.8 Å². The summed E-state index contributed by atoms with van der Waals surface area (Å²) in [6.45, 7) is 4.80. The second-order valence-corrected chi connectivity index (χ2v) is 2.93. The Morgan fingerprint density at radius 1 is 1.47 bits per heavy atom. The quantitative estimate of drug-likeness (QED) is 0.188. The van der Waals surface area contributed by atoms with Crippen LogP contribution in [0.5, 0.6) is 0 Å². The van der Waals surface area contributed by atoms with Crippen LogP contribution in [0, 0.1) is 0 Å². The Morgan fingerprint density at radius 3 is 2.40 bits per heavy atom. The van der Waals surface area contributed by atoms with Gasteiger partial charge in [0.1, 0.15) is 5.76 Å². The first-order valence-corrected chi connectivity index (χ1v) is 4.43. The van der Waals surface area contributed by atoms with Gasteiger partial charge in [0.15, 0.2) is 5.83 Å². The van der Waals surface area contributed by atoms with Crippen molar-refractivity contribution in [3.63, 3.8) is 0 Å². The first kappa shape index (κ1) is 13.9. The summed E-state index contributed by atoms with van der Waals surface area (Å²) in [4.78, 5) is 8.51. The Bertz CT molecular complexity index is 302. The molecule has 0 fully saturated rings. The van der Waals surface area contributed by atoms with Crippen LogP contribution in [0.4, 0.5) is 4.39 Å². The van der Waals surface area contributed by atoms with Crippen molar-refractivity contribution in [3.8, 4) is 0 Å². The summed E-state index contributed by atoms with van der Waals surface area (Å²) < 4.78 is 18.0. The lowest BCUT2D eigenvalue weighted by atomic mass is 10.4. The van der Waals surface area contributed by atoms with Crippen LogP contribution in [0.1, 0.15) is 6.92 Å². The molecule has 0 aliphatic rings. The van der Waals surface area contributed by atoms with Gasteiger partial charge in [-0.3, -0.25) is 4.84 Å². The fourth-order valence-corrected chi connectivity index (χ4v) is 0.820. The first-order chi connectivity index (χ1) is 6.93. The van der Waals surface area contributed by atoms with Crippen molar-refractivity contribution in [3.05, 3.63) is 23.9 Å². The van der Waals surface area contributed by atoms with Gasteiger partial charge >= 0.3 is 0 Å². The Kier molecular flexibility index (Phi) is 5.96. The molecule has 0 amide bonds. The molecule has 0 aromatic heterocycles. The largest absolute Gasteiger partial charge is 0.494 e. The third-order valence-electron chi connectivity index (χ3n) is 1.60. The molecule has 0 rings (SSSR count). The van der Waals surface area contributed by atoms with Crippen LogP contribution in [0.15, 0.2) is 28.9 Å². The Balaban J connectivity index is 4.86. The zero-order valence-corrected chi connectivity index (χ0v) is 9.93. The van der Waals surface area contributed by atoms with E-state index < -0.39 is 5.83 Å². The normalized spacial score (nSPS) is 13.3. The van der Waals surface area contributed by atoms with Crippen molar-refractivity contribution in [2.24, 2.45) is 4.99 Å². The summed E-state index contributed by atoms with van der Waals surface area (Å²) in [6.07, 6.45) is 0. The van der Waals surface area contributed by atoms with E-state index >= 15 is 0 Å². The van der Waals surface area contributed by atoms with Crippen LogP contribution in [0.25, 0.3) is 0 Å². The van der Waals surface area contributed by atoms with Gasteiger partial charge in [-0.2, -0.15) is 0 Å². The molecule has 0 atom stereocenters. The number of allylic oxidation sites excluding steroid dienone is 2. The van der Waals surface area contributed by atoms with Crippen LogP contribution >= 0.6 is 11.6 Å². The molecule has 0 radical (unpaired) electrons. The highest BCUT2D eigenvalue weighted by atomic mass is 35.5. The molecule has 0 aromatic rings. The summed E-state index contributed by atoms with van der Waals surface area (Å²) >= 11 is 5.70. The van der Waals surface area contributed by atoms with Crippen molar-refractivity contribution in [2.45, 2.75) is 6.92 Å². The number of methoxy groups -OCH3 is 1. The number of hydrogen-bond donors (Lipinski definition) is 0. The molecule has 6 heteroatoms. The summed E-state index contributed by atoms with van der Waals surface area (Å²) in [7, 11) is 4.28. The topological polar surface area (TPSA) is 34.1 Å². The number of hydroxylamine groups is 2. The van der Waals surface area contributed by atoms with Gasteiger partial charge in [0.05, 0.1) is 19.9 Å². The predicted molar refractivity (Wildman–Crippen MR) is 58.0 cm³/mol. The molecule has 0 spiro atoms. The number of aliphatic imine (C=N–C) groups is 1. The molecule has 15 heavy (non-hydrogen) atoms. The Labute approximate surface area is 93.6 Å². The first-order valence-electron chi connectivity index (χ1n) is 4.05. The molecule has 0 heterocycles. The van der Waals surface area contributed by atoms with Gasteiger partial charge in [-0.1, -0.05) is 6.58 Å². The van der Waals surface area contributed by atoms with Gasteiger partial charge < -0.3 is 4.74 Å². The van der Waals surface area contributed by atoms with E-state index in [2.05, 4.69) is 16.3 Å². The second kappa shape index (κ2) is 6.42. The molecule has 0 aliphatic heterocycles. The number of halogens is 2.